The van der Waals surface area contributed by atoms with Crippen molar-refractivity contribution in [3.8, 4) is 0 Å². The van der Waals surface area contributed by atoms with Crippen LogP contribution in [0.3, 0.4) is 0 Å². The van der Waals surface area contributed by atoms with Crippen LogP contribution in [0.1, 0.15) is 22.9 Å². The molecule has 1 heterocycles. The number of rotatable bonds is 3. The van der Waals surface area contributed by atoms with Crippen LogP contribution in [0.4, 0.5) is 0 Å². The van der Waals surface area contributed by atoms with Gasteiger partial charge in [-0.05, 0) is 39.2 Å². The summed E-state index contributed by atoms with van der Waals surface area (Å²) in [5, 5.41) is 0. The topological polar surface area (TPSA) is 28.7 Å². The van der Waals surface area contributed by atoms with E-state index in [0.29, 0.717) is 0 Å². The molecular formula is C20H14Br2N2. The number of halogens is 2. The van der Waals surface area contributed by atoms with Crippen LogP contribution in [0, 0.1) is 0 Å². The lowest BCUT2D eigenvalue weighted by atomic mass is 9.91. The molecule has 4 rings (SSSR count). The third-order valence-electron chi connectivity index (χ3n) is 4.06. The van der Waals surface area contributed by atoms with E-state index in [1.807, 2.05) is 18.2 Å². The molecule has 0 fully saturated rings. The van der Waals surface area contributed by atoms with Gasteiger partial charge in [0.15, 0.2) is 0 Å². The largest absolute Gasteiger partial charge is 0.341 e. The Kier molecular flexibility index (Phi) is 4.25. The Morgan fingerprint density at radius 1 is 0.792 bits per heavy atom. The van der Waals surface area contributed by atoms with Crippen LogP contribution < -0.4 is 0 Å². The molecule has 118 valence electrons. The second-order valence-corrected chi connectivity index (χ2v) is 7.43. The molecule has 0 saturated carbocycles. The zero-order valence-electron chi connectivity index (χ0n) is 12.7. The fraction of sp³-hybridized carbons (Fsp3) is 0.0500. The lowest BCUT2D eigenvalue weighted by Gasteiger charge is -2.15. The van der Waals surface area contributed by atoms with Crippen molar-refractivity contribution in [3.63, 3.8) is 0 Å². The van der Waals surface area contributed by atoms with Crippen LogP contribution in [0.15, 0.2) is 81.7 Å². The molecule has 0 aliphatic rings. The van der Waals surface area contributed by atoms with E-state index in [-0.39, 0.29) is 5.92 Å². The predicted molar refractivity (Wildman–Crippen MR) is 105 cm³/mol. The normalized spacial score (nSPS) is 11.3. The third-order valence-corrected chi connectivity index (χ3v) is 5.12. The van der Waals surface area contributed by atoms with Gasteiger partial charge in [-0.25, -0.2) is 4.98 Å². The number of benzene rings is 3. The van der Waals surface area contributed by atoms with E-state index in [0.717, 1.165) is 25.8 Å². The smallest absolute Gasteiger partial charge is 0.119 e. The number of imidazole rings is 1. The highest BCUT2D eigenvalue weighted by atomic mass is 79.9. The summed E-state index contributed by atoms with van der Waals surface area (Å²) in [6.45, 7) is 0. The van der Waals surface area contributed by atoms with Gasteiger partial charge in [0, 0.05) is 8.95 Å². The van der Waals surface area contributed by atoms with Crippen LogP contribution in [0.5, 0.6) is 0 Å². The summed E-state index contributed by atoms with van der Waals surface area (Å²) in [5.74, 6) is 1.02. The summed E-state index contributed by atoms with van der Waals surface area (Å²) in [4.78, 5) is 8.39. The van der Waals surface area contributed by atoms with Crippen molar-refractivity contribution in [2.75, 3.05) is 0 Å². The Hall–Kier alpha value is -1.91. The Balaban J connectivity index is 1.93. The van der Waals surface area contributed by atoms with Crippen LogP contribution in [-0.4, -0.2) is 9.97 Å². The van der Waals surface area contributed by atoms with Gasteiger partial charge in [-0.1, -0.05) is 76.6 Å². The van der Waals surface area contributed by atoms with Gasteiger partial charge in [0.25, 0.3) is 0 Å². The maximum Gasteiger partial charge on any atom is 0.119 e. The average molecular weight is 442 g/mol. The number of nitrogens with one attached hydrogen (secondary N) is 1. The fourth-order valence-electron chi connectivity index (χ4n) is 3.00. The molecule has 3 aromatic carbocycles. The molecule has 0 unspecified atom stereocenters. The van der Waals surface area contributed by atoms with Gasteiger partial charge >= 0.3 is 0 Å². The predicted octanol–water partition coefficient (Wildman–Crippen LogP) is 6.27. The molecule has 1 aromatic heterocycles. The van der Waals surface area contributed by atoms with E-state index in [9.17, 15) is 0 Å². The molecule has 0 aliphatic heterocycles. The molecule has 0 atom stereocenters. The van der Waals surface area contributed by atoms with E-state index in [2.05, 4.69) is 91.4 Å². The number of aromatic amines is 1. The van der Waals surface area contributed by atoms with Crippen LogP contribution in [0.25, 0.3) is 11.0 Å². The first kappa shape index (κ1) is 15.6. The van der Waals surface area contributed by atoms with Gasteiger partial charge in [-0.15, -0.1) is 0 Å². The molecule has 0 spiro atoms. The van der Waals surface area contributed by atoms with E-state index in [1.165, 1.54) is 11.1 Å². The number of hydrogen-bond acceptors (Lipinski definition) is 1. The summed E-state index contributed by atoms with van der Waals surface area (Å²) in [6.07, 6.45) is 0. The maximum atomic E-state index is 4.88. The lowest BCUT2D eigenvalue weighted by molar-refractivity contribution is 0.890. The van der Waals surface area contributed by atoms with Gasteiger partial charge < -0.3 is 4.98 Å². The summed E-state index contributed by atoms with van der Waals surface area (Å²) < 4.78 is 2.00. The average Bonchev–Trinajstić information content (AvgIpc) is 3.01. The standard InChI is InChI=1S/C20H14Br2N2/c21-15-11-16(22)19-17(12-15)23-20(24-19)18(13-7-3-1-4-8-13)14-9-5-2-6-10-14/h1-12,18H,(H,23,24). The van der Waals surface area contributed by atoms with Gasteiger partial charge in [-0.3, -0.25) is 0 Å². The van der Waals surface area contributed by atoms with Crippen molar-refractivity contribution in [2.45, 2.75) is 5.92 Å². The second-order valence-electron chi connectivity index (χ2n) is 5.66. The zero-order chi connectivity index (χ0) is 16.5. The Labute approximate surface area is 157 Å². The minimum Gasteiger partial charge on any atom is -0.341 e. The molecule has 2 nitrogen and oxygen atoms in total. The Bertz CT molecular complexity index is 939. The first-order valence-electron chi connectivity index (χ1n) is 7.67. The molecule has 0 amide bonds. The Morgan fingerprint density at radius 2 is 1.38 bits per heavy atom. The Morgan fingerprint density at radius 3 is 1.96 bits per heavy atom. The molecule has 0 bridgehead atoms. The van der Waals surface area contributed by atoms with Gasteiger partial charge in [0.1, 0.15) is 11.3 Å². The summed E-state index contributed by atoms with van der Waals surface area (Å²) in [5.41, 5.74) is 4.41. The highest BCUT2D eigenvalue weighted by Gasteiger charge is 2.20. The lowest BCUT2D eigenvalue weighted by Crippen LogP contribution is -2.05. The van der Waals surface area contributed by atoms with Crippen molar-refractivity contribution in [1.29, 1.82) is 0 Å². The van der Waals surface area contributed by atoms with Crippen molar-refractivity contribution >= 4 is 42.9 Å². The molecule has 0 radical (unpaired) electrons. The van der Waals surface area contributed by atoms with Crippen LogP contribution in [-0.2, 0) is 0 Å². The minimum absolute atomic E-state index is 0.0745. The van der Waals surface area contributed by atoms with Crippen LogP contribution in [0.2, 0.25) is 0 Å². The van der Waals surface area contributed by atoms with Gasteiger partial charge in [0.2, 0.25) is 0 Å². The highest BCUT2D eigenvalue weighted by molar-refractivity contribution is 9.11. The van der Waals surface area contributed by atoms with Crippen molar-refractivity contribution < 1.29 is 0 Å². The molecule has 24 heavy (non-hydrogen) atoms. The molecule has 0 aliphatic carbocycles. The number of H-pyrrole nitrogens is 1. The molecule has 4 heteroatoms. The van der Waals surface area contributed by atoms with Crippen molar-refractivity contribution in [2.24, 2.45) is 0 Å². The quantitative estimate of drug-likeness (QED) is 0.398. The van der Waals surface area contributed by atoms with Crippen LogP contribution >= 0.6 is 31.9 Å². The van der Waals surface area contributed by atoms with E-state index in [4.69, 9.17) is 4.98 Å². The molecule has 4 aromatic rings. The first-order chi connectivity index (χ1) is 11.7. The number of hydrogen-bond donors (Lipinski definition) is 1. The van der Waals surface area contributed by atoms with E-state index in [1.54, 1.807) is 0 Å². The van der Waals surface area contributed by atoms with Crippen molar-refractivity contribution in [3.05, 3.63) is 98.7 Å². The third kappa shape index (κ3) is 2.92. The fourth-order valence-corrected chi connectivity index (χ4v) is 4.31. The first-order valence-corrected chi connectivity index (χ1v) is 9.25. The van der Waals surface area contributed by atoms with Gasteiger partial charge in [-0.2, -0.15) is 0 Å². The zero-order valence-corrected chi connectivity index (χ0v) is 15.9. The summed E-state index contributed by atoms with van der Waals surface area (Å²) >= 11 is 7.15. The molecule has 0 saturated heterocycles. The number of fused-ring (bicyclic) bond motifs is 1. The second kappa shape index (κ2) is 6.54. The summed E-state index contributed by atoms with van der Waals surface area (Å²) in [7, 11) is 0. The maximum absolute atomic E-state index is 4.88. The van der Waals surface area contributed by atoms with Crippen molar-refractivity contribution in [1.82, 2.24) is 9.97 Å². The SMILES string of the molecule is Brc1cc(Br)c2nc(C(c3ccccc3)c3ccccc3)[nH]c2c1. The monoisotopic (exact) mass is 440 g/mol. The summed E-state index contributed by atoms with van der Waals surface area (Å²) in [6, 6.07) is 25.0. The van der Waals surface area contributed by atoms with Gasteiger partial charge in [0.05, 0.1) is 11.4 Å². The minimum atomic E-state index is 0.0745. The highest BCUT2D eigenvalue weighted by Crippen LogP contribution is 2.34. The van der Waals surface area contributed by atoms with E-state index < -0.39 is 0 Å². The number of nitrogens with zero attached hydrogens (tertiary/aromatic N) is 1. The molecule has 1 N–H and O–H groups in total. The number of aromatic nitrogens is 2. The molecular weight excluding hydrogens is 428 g/mol. The van der Waals surface area contributed by atoms with E-state index >= 15 is 0 Å².